The smallest absolute Gasteiger partial charge is 0.341 e. The van der Waals surface area contributed by atoms with Crippen molar-refractivity contribution in [3.63, 3.8) is 0 Å². The third-order valence-corrected chi connectivity index (χ3v) is 7.08. The number of carbonyl (C=O) groups excluding carboxylic acids is 2. The molecule has 32 heavy (non-hydrogen) atoms. The van der Waals surface area contributed by atoms with E-state index in [2.05, 4.69) is 27.1 Å². The maximum absolute atomic E-state index is 12.7. The molecule has 0 unspecified atom stereocenters. The summed E-state index contributed by atoms with van der Waals surface area (Å²) >= 11 is 2.74. The highest BCUT2D eigenvalue weighted by Crippen LogP contribution is 2.39. The summed E-state index contributed by atoms with van der Waals surface area (Å²) in [4.78, 5) is 30.7. The Bertz CT molecular complexity index is 1140. The van der Waals surface area contributed by atoms with Crippen LogP contribution in [0.3, 0.4) is 0 Å². The zero-order valence-electron chi connectivity index (χ0n) is 17.7. The molecule has 3 heterocycles. The Hall–Kier alpha value is -2.98. The van der Waals surface area contributed by atoms with Gasteiger partial charge in [-0.05, 0) is 43.9 Å². The Labute approximate surface area is 194 Å². The minimum absolute atomic E-state index is 0.127. The number of amides is 1. The number of carbonyl (C=O) groups is 2. The van der Waals surface area contributed by atoms with Crippen LogP contribution in [0.1, 0.15) is 34.1 Å². The van der Waals surface area contributed by atoms with Gasteiger partial charge >= 0.3 is 5.97 Å². The van der Waals surface area contributed by atoms with Gasteiger partial charge in [-0.15, -0.1) is 28.1 Å². The van der Waals surface area contributed by atoms with Crippen LogP contribution in [0.2, 0.25) is 0 Å². The van der Waals surface area contributed by atoms with Crippen LogP contribution < -0.4 is 5.32 Å². The van der Waals surface area contributed by atoms with Crippen molar-refractivity contribution in [1.82, 2.24) is 19.7 Å². The Morgan fingerprint density at radius 2 is 2.22 bits per heavy atom. The van der Waals surface area contributed by atoms with Gasteiger partial charge < -0.3 is 10.1 Å². The number of aryl methyl sites for hydroxylation is 1. The van der Waals surface area contributed by atoms with Crippen LogP contribution >= 0.6 is 23.1 Å². The standard InChI is InChI=1S/C22H23N5O3S2/c1-3-12-27-19(15-9-5-6-11-23-15)25-26-22(27)31-13-17(28)24-20-18(21(29)30-4-2)14-8-7-10-16(14)32-20/h3,5-6,9,11H,1,4,7-8,10,12-13H2,2H3,(H,24,28). The number of allylic oxidation sites excluding steroid dienone is 1. The van der Waals surface area contributed by atoms with Gasteiger partial charge in [-0.1, -0.05) is 23.9 Å². The van der Waals surface area contributed by atoms with Crippen molar-refractivity contribution in [3.8, 4) is 11.5 Å². The lowest BCUT2D eigenvalue weighted by Gasteiger charge is -2.09. The lowest BCUT2D eigenvalue weighted by atomic mass is 10.1. The minimum atomic E-state index is -0.374. The quantitative estimate of drug-likeness (QED) is 0.287. The van der Waals surface area contributed by atoms with E-state index in [0.29, 0.717) is 40.4 Å². The SMILES string of the molecule is C=CCn1c(SCC(=O)Nc2sc3c(c2C(=O)OCC)CCC3)nnc1-c1ccccn1. The maximum Gasteiger partial charge on any atom is 0.341 e. The molecular weight excluding hydrogens is 446 g/mol. The maximum atomic E-state index is 12.7. The predicted octanol–water partition coefficient (Wildman–Crippen LogP) is 3.98. The molecule has 1 amide bonds. The molecule has 3 aromatic heterocycles. The zero-order valence-corrected chi connectivity index (χ0v) is 19.3. The van der Waals surface area contributed by atoms with Crippen LogP contribution in [0.25, 0.3) is 11.5 Å². The number of pyridine rings is 1. The third kappa shape index (κ3) is 4.61. The molecule has 0 radical (unpaired) electrons. The summed E-state index contributed by atoms with van der Waals surface area (Å²) in [5.74, 6) is 0.156. The molecule has 0 aromatic carbocycles. The highest BCUT2D eigenvalue weighted by Gasteiger charge is 2.28. The summed E-state index contributed by atoms with van der Waals surface area (Å²) in [6.07, 6.45) is 6.24. The summed E-state index contributed by atoms with van der Waals surface area (Å²) in [7, 11) is 0. The van der Waals surface area contributed by atoms with E-state index in [1.165, 1.54) is 23.1 Å². The van der Waals surface area contributed by atoms with Crippen LogP contribution in [-0.4, -0.2) is 44.0 Å². The van der Waals surface area contributed by atoms with Crippen molar-refractivity contribution in [3.05, 3.63) is 53.1 Å². The lowest BCUT2D eigenvalue weighted by molar-refractivity contribution is -0.113. The van der Waals surface area contributed by atoms with Crippen LogP contribution in [0, 0.1) is 0 Å². The highest BCUT2D eigenvalue weighted by atomic mass is 32.2. The normalized spacial score (nSPS) is 12.4. The first kappa shape index (κ1) is 22.2. The molecule has 0 spiro atoms. The molecule has 1 aliphatic rings. The number of nitrogens with one attached hydrogen (secondary N) is 1. The third-order valence-electron chi connectivity index (χ3n) is 4.91. The van der Waals surface area contributed by atoms with Gasteiger partial charge in [0, 0.05) is 17.6 Å². The molecule has 0 aliphatic heterocycles. The molecule has 166 valence electrons. The van der Waals surface area contributed by atoms with Crippen molar-refractivity contribution < 1.29 is 14.3 Å². The van der Waals surface area contributed by atoms with E-state index < -0.39 is 0 Å². The van der Waals surface area contributed by atoms with E-state index >= 15 is 0 Å². The summed E-state index contributed by atoms with van der Waals surface area (Å²) in [6, 6.07) is 5.58. The Balaban J connectivity index is 1.48. The fourth-order valence-electron chi connectivity index (χ4n) is 3.58. The molecule has 0 bridgehead atoms. The van der Waals surface area contributed by atoms with Gasteiger partial charge in [-0.25, -0.2) is 4.79 Å². The molecule has 0 saturated carbocycles. The second kappa shape index (κ2) is 10.1. The summed E-state index contributed by atoms with van der Waals surface area (Å²) in [5, 5.41) is 12.6. The Kier molecular flexibility index (Phi) is 7.01. The molecule has 3 aromatic rings. The number of fused-ring (bicyclic) bond motifs is 1. The largest absolute Gasteiger partial charge is 0.462 e. The molecule has 0 saturated heterocycles. The molecule has 8 nitrogen and oxygen atoms in total. The highest BCUT2D eigenvalue weighted by molar-refractivity contribution is 7.99. The second-order valence-electron chi connectivity index (χ2n) is 7.04. The van der Waals surface area contributed by atoms with Gasteiger partial charge in [0.15, 0.2) is 11.0 Å². The number of thioether (sulfide) groups is 1. The number of rotatable bonds is 9. The van der Waals surface area contributed by atoms with Crippen molar-refractivity contribution >= 4 is 40.0 Å². The summed E-state index contributed by atoms with van der Waals surface area (Å²) < 4.78 is 7.10. The number of esters is 1. The molecule has 0 atom stereocenters. The lowest BCUT2D eigenvalue weighted by Crippen LogP contribution is -2.17. The molecule has 1 N–H and O–H groups in total. The van der Waals surface area contributed by atoms with Crippen LogP contribution in [0.5, 0.6) is 0 Å². The Morgan fingerprint density at radius 1 is 1.34 bits per heavy atom. The average Bonchev–Trinajstić information content (AvgIpc) is 3.48. The first-order valence-electron chi connectivity index (χ1n) is 10.3. The number of thiophene rings is 1. The first-order chi connectivity index (χ1) is 15.6. The van der Waals surface area contributed by atoms with E-state index in [1.54, 1.807) is 19.2 Å². The van der Waals surface area contributed by atoms with E-state index in [1.807, 2.05) is 22.8 Å². The number of aromatic nitrogens is 4. The van der Waals surface area contributed by atoms with E-state index in [-0.39, 0.29) is 17.6 Å². The summed E-state index contributed by atoms with van der Waals surface area (Å²) in [5.41, 5.74) is 2.22. The average molecular weight is 470 g/mol. The fraction of sp³-hybridized carbons (Fsp3) is 0.318. The molecule has 0 fully saturated rings. The topological polar surface area (TPSA) is 99.0 Å². The molecule has 10 heteroatoms. The van der Waals surface area contributed by atoms with Crippen molar-refractivity contribution in [2.75, 3.05) is 17.7 Å². The second-order valence-corrected chi connectivity index (χ2v) is 9.09. The minimum Gasteiger partial charge on any atom is -0.462 e. The number of nitrogens with zero attached hydrogens (tertiary/aromatic N) is 4. The van der Waals surface area contributed by atoms with Gasteiger partial charge in [0.2, 0.25) is 5.91 Å². The van der Waals surface area contributed by atoms with Crippen molar-refractivity contribution in [2.45, 2.75) is 37.9 Å². The van der Waals surface area contributed by atoms with Crippen molar-refractivity contribution in [2.24, 2.45) is 0 Å². The van der Waals surface area contributed by atoms with Crippen molar-refractivity contribution in [1.29, 1.82) is 0 Å². The summed E-state index contributed by atoms with van der Waals surface area (Å²) in [6.45, 7) is 6.37. The van der Waals surface area contributed by atoms with Gasteiger partial charge in [-0.3, -0.25) is 14.3 Å². The predicted molar refractivity (Wildman–Crippen MR) is 125 cm³/mol. The van der Waals surface area contributed by atoms with E-state index in [9.17, 15) is 9.59 Å². The van der Waals surface area contributed by atoms with Crippen LogP contribution in [0.15, 0.2) is 42.2 Å². The molecule has 1 aliphatic carbocycles. The van der Waals surface area contributed by atoms with Gasteiger partial charge in [-0.2, -0.15) is 0 Å². The fourth-order valence-corrected chi connectivity index (χ4v) is 5.62. The Morgan fingerprint density at radius 3 is 2.97 bits per heavy atom. The van der Waals surface area contributed by atoms with E-state index in [4.69, 9.17) is 4.74 Å². The van der Waals surface area contributed by atoms with Crippen LogP contribution in [-0.2, 0) is 28.9 Å². The van der Waals surface area contributed by atoms with Gasteiger partial charge in [0.1, 0.15) is 10.7 Å². The van der Waals surface area contributed by atoms with E-state index in [0.717, 1.165) is 29.7 Å². The zero-order chi connectivity index (χ0) is 22.5. The number of hydrogen-bond donors (Lipinski definition) is 1. The molecule has 4 rings (SSSR count). The van der Waals surface area contributed by atoms with Gasteiger partial charge in [0.25, 0.3) is 0 Å². The number of hydrogen-bond acceptors (Lipinski definition) is 8. The van der Waals surface area contributed by atoms with Crippen LogP contribution in [0.4, 0.5) is 5.00 Å². The number of ether oxygens (including phenoxy) is 1. The first-order valence-corrected chi connectivity index (χ1v) is 12.1. The number of anilines is 1. The monoisotopic (exact) mass is 469 g/mol. The molecular formula is C22H23N5O3S2. The van der Waals surface area contributed by atoms with Gasteiger partial charge in [0.05, 0.1) is 17.9 Å².